The highest BCUT2D eigenvalue weighted by Crippen LogP contribution is 2.39. The van der Waals surface area contributed by atoms with Crippen LogP contribution in [0.1, 0.15) is 30.4 Å². The maximum atomic E-state index is 12.2. The number of carbonyl (C=O) groups excluding carboxylic acids is 2. The van der Waals surface area contributed by atoms with Crippen molar-refractivity contribution in [3.63, 3.8) is 0 Å². The molecule has 0 atom stereocenters. The molecule has 0 fully saturated rings. The summed E-state index contributed by atoms with van der Waals surface area (Å²) >= 11 is 0. The van der Waals surface area contributed by atoms with Crippen LogP contribution >= 0.6 is 0 Å². The molecule has 2 aromatic heterocycles. The molecule has 180 valence electrons. The minimum absolute atomic E-state index is 0.00592. The maximum Gasteiger partial charge on any atom is 0.264 e. The van der Waals surface area contributed by atoms with Crippen LogP contribution in [0.2, 0.25) is 0 Å². The highest BCUT2D eigenvalue weighted by atomic mass is 16.3. The Bertz CT molecular complexity index is 1410. The normalized spacial score (nSPS) is 12.0. The SMILES string of the molecule is Cc1ccc2c(c1)c(N=NC(=O)CCCC(=O)N=Nc1c(O)n(C)c3ccc(C)cc13)c(O)n2C. The van der Waals surface area contributed by atoms with Crippen LogP contribution in [0.4, 0.5) is 11.4 Å². The summed E-state index contributed by atoms with van der Waals surface area (Å²) in [7, 11) is 3.40. The van der Waals surface area contributed by atoms with Gasteiger partial charge in [0.05, 0.1) is 11.0 Å². The molecule has 10 heteroatoms. The number of rotatable bonds is 6. The van der Waals surface area contributed by atoms with E-state index in [0.717, 1.165) is 22.2 Å². The monoisotopic (exact) mass is 474 g/mol. The number of fused-ring (bicyclic) bond motifs is 2. The van der Waals surface area contributed by atoms with E-state index in [0.29, 0.717) is 10.8 Å². The fourth-order valence-corrected chi connectivity index (χ4v) is 3.95. The van der Waals surface area contributed by atoms with E-state index >= 15 is 0 Å². The molecule has 0 spiro atoms. The van der Waals surface area contributed by atoms with E-state index in [9.17, 15) is 19.8 Å². The molecule has 10 nitrogen and oxygen atoms in total. The molecule has 2 N–H and O–H groups in total. The predicted octanol–water partition coefficient (Wildman–Crippen LogP) is 5.79. The third kappa shape index (κ3) is 4.68. The fourth-order valence-electron chi connectivity index (χ4n) is 3.95. The summed E-state index contributed by atoms with van der Waals surface area (Å²) in [4.78, 5) is 24.3. The Hall–Kier alpha value is -4.34. The van der Waals surface area contributed by atoms with Gasteiger partial charge in [-0.05, 0) is 44.5 Å². The quantitative estimate of drug-likeness (QED) is 0.342. The van der Waals surface area contributed by atoms with Gasteiger partial charge in [0.25, 0.3) is 11.8 Å². The molecule has 0 aliphatic rings. The molecule has 0 saturated carbocycles. The van der Waals surface area contributed by atoms with Crippen LogP contribution in [0.15, 0.2) is 56.9 Å². The molecule has 0 saturated heterocycles. The number of benzene rings is 2. The topological polar surface area (TPSA) is 134 Å². The van der Waals surface area contributed by atoms with Crippen molar-refractivity contribution in [3.8, 4) is 11.8 Å². The molecule has 0 aliphatic carbocycles. The van der Waals surface area contributed by atoms with Crippen molar-refractivity contribution in [2.45, 2.75) is 33.1 Å². The van der Waals surface area contributed by atoms with E-state index in [1.165, 1.54) is 0 Å². The molecular weight excluding hydrogens is 448 g/mol. The van der Waals surface area contributed by atoms with Gasteiger partial charge < -0.3 is 19.3 Å². The van der Waals surface area contributed by atoms with E-state index in [1.54, 1.807) is 23.2 Å². The lowest BCUT2D eigenvalue weighted by Crippen LogP contribution is -1.96. The summed E-state index contributed by atoms with van der Waals surface area (Å²) in [6.45, 7) is 3.85. The van der Waals surface area contributed by atoms with Crippen LogP contribution in [-0.4, -0.2) is 31.2 Å². The van der Waals surface area contributed by atoms with Crippen LogP contribution in [0, 0.1) is 13.8 Å². The number of aromatic hydroxyl groups is 2. The summed E-state index contributed by atoms with van der Waals surface area (Å²) in [6, 6.07) is 11.3. The highest BCUT2D eigenvalue weighted by molar-refractivity contribution is 5.96. The second kappa shape index (κ2) is 9.49. The number of hydrogen-bond donors (Lipinski definition) is 2. The molecule has 2 amide bonds. The summed E-state index contributed by atoms with van der Waals surface area (Å²) in [6.07, 6.45) is 0.207. The number of amides is 2. The minimum atomic E-state index is -0.513. The van der Waals surface area contributed by atoms with Crippen LogP contribution in [-0.2, 0) is 23.7 Å². The number of hydrogen-bond acceptors (Lipinski definition) is 6. The zero-order valence-electron chi connectivity index (χ0n) is 20.0. The lowest BCUT2D eigenvalue weighted by molar-refractivity contribution is -0.119. The smallest absolute Gasteiger partial charge is 0.264 e. The van der Waals surface area contributed by atoms with Crippen molar-refractivity contribution >= 4 is 45.0 Å². The van der Waals surface area contributed by atoms with Gasteiger partial charge in [-0.1, -0.05) is 23.3 Å². The van der Waals surface area contributed by atoms with E-state index in [1.807, 2.05) is 50.2 Å². The van der Waals surface area contributed by atoms with Crippen LogP contribution in [0.3, 0.4) is 0 Å². The Balaban J connectivity index is 1.37. The Kier molecular flexibility index (Phi) is 6.46. The summed E-state index contributed by atoms with van der Waals surface area (Å²) in [5.74, 6) is -1.18. The molecule has 0 unspecified atom stereocenters. The number of nitrogens with zero attached hydrogens (tertiary/aromatic N) is 6. The third-order valence-corrected chi connectivity index (χ3v) is 5.90. The van der Waals surface area contributed by atoms with Gasteiger partial charge in [-0.25, -0.2) is 0 Å². The number of aryl methyl sites for hydroxylation is 4. The highest BCUT2D eigenvalue weighted by Gasteiger charge is 2.16. The summed E-state index contributed by atoms with van der Waals surface area (Å²) in [5, 5.41) is 37.4. The van der Waals surface area contributed by atoms with E-state index in [2.05, 4.69) is 20.5 Å². The fraction of sp³-hybridized carbons (Fsp3) is 0.280. The van der Waals surface area contributed by atoms with Crippen molar-refractivity contribution in [3.05, 3.63) is 47.5 Å². The van der Waals surface area contributed by atoms with Gasteiger partial charge in [-0.15, -0.1) is 20.5 Å². The first-order chi connectivity index (χ1) is 16.7. The molecule has 0 bridgehead atoms. The number of carbonyl (C=O) groups is 2. The first kappa shape index (κ1) is 23.8. The lowest BCUT2D eigenvalue weighted by Gasteiger charge is -1.96. The van der Waals surface area contributed by atoms with Crippen molar-refractivity contribution in [2.24, 2.45) is 34.6 Å². The zero-order valence-corrected chi connectivity index (χ0v) is 20.0. The Morgan fingerprint density at radius 2 is 1.14 bits per heavy atom. The number of aromatic nitrogens is 2. The van der Waals surface area contributed by atoms with Crippen molar-refractivity contribution < 1.29 is 19.8 Å². The average Bonchev–Trinajstić information content (AvgIpc) is 3.19. The summed E-state index contributed by atoms with van der Waals surface area (Å²) < 4.78 is 3.15. The van der Waals surface area contributed by atoms with Gasteiger partial charge in [-0.3, -0.25) is 9.59 Å². The Labute approximate surface area is 201 Å². The molecular formula is C25H26N6O4. The van der Waals surface area contributed by atoms with Crippen molar-refractivity contribution in [1.82, 2.24) is 9.13 Å². The van der Waals surface area contributed by atoms with Gasteiger partial charge in [0.2, 0.25) is 11.8 Å². The lowest BCUT2D eigenvalue weighted by atomic mass is 10.1. The van der Waals surface area contributed by atoms with Gasteiger partial charge in [0, 0.05) is 37.7 Å². The van der Waals surface area contributed by atoms with Crippen LogP contribution in [0.5, 0.6) is 11.8 Å². The predicted molar refractivity (Wildman–Crippen MR) is 132 cm³/mol. The number of azo groups is 2. The molecule has 35 heavy (non-hydrogen) atoms. The van der Waals surface area contributed by atoms with Gasteiger partial charge in [-0.2, -0.15) is 0 Å². The molecule has 0 aliphatic heterocycles. The van der Waals surface area contributed by atoms with E-state index in [4.69, 9.17) is 0 Å². The average molecular weight is 475 g/mol. The Morgan fingerprint density at radius 1 is 0.743 bits per heavy atom. The largest absolute Gasteiger partial charge is 0.493 e. The third-order valence-electron chi connectivity index (χ3n) is 5.90. The van der Waals surface area contributed by atoms with Crippen LogP contribution < -0.4 is 0 Å². The van der Waals surface area contributed by atoms with Gasteiger partial charge in [0.15, 0.2) is 11.4 Å². The van der Waals surface area contributed by atoms with Crippen molar-refractivity contribution in [1.29, 1.82) is 0 Å². The Morgan fingerprint density at radius 3 is 1.54 bits per heavy atom. The molecule has 4 rings (SSSR count). The maximum absolute atomic E-state index is 12.2. The minimum Gasteiger partial charge on any atom is -0.493 e. The second-order valence-corrected chi connectivity index (χ2v) is 8.54. The molecule has 2 aromatic carbocycles. The van der Waals surface area contributed by atoms with E-state index < -0.39 is 11.8 Å². The molecule has 2 heterocycles. The van der Waals surface area contributed by atoms with Gasteiger partial charge in [0.1, 0.15) is 0 Å². The van der Waals surface area contributed by atoms with Gasteiger partial charge >= 0.3 is 0 Å². The van der Waals surface area contributed by atoms with Crippen LogP contribution in [0.25, 0.3) is 21.8 Å². The molecule has 0 radical (unpaired) electrons. The first-order valence-electron chi connectivity index (χ1n) is 11.1. The second-order valence-electron chi connectivity index (χ2n) is 8.54. The summed E-state index contributed by atoms with van der Waals surface area (Å²) in [5.41, 5.74) is 4.00. The first-order valence-corrected chi connectivity index (χ1v) is 11.1. The van der Waals surface area contributed by atoms with Crippen molar-refractivity contribution in [2.75, 3.05) is 0 Å². The van der Waals surface area contributed by atoms with E-state index in [-0.39, 0.29) is 42.4 Å². The standard InChI is InChI=1S/C25H26N6O4/c1-14-8-10-18-16(12-14)22(24(34)30(18)3)28-26-20(32)6-5-7-21(33)27-29-23-17-13-15(2)9-11-19(17)31(4)25(23)35/h8-13,34-35H,5-7H2,1-4H3. The zero-order chi connectivity index (χ0) is 25.3. The molecule has 4 aromatic rings.